The fourth-order valence-electron chi connectivity index (χ4n) is 1.61. The largest absolute Gasteiger partial charge is 0.433 e. The molecular formula is C14H10ClF3N2O. The Kier molecular flexibility index (Phi) is 4.18. The minimum absolute atomic E-state index is 0.0136. The highest BCUT2D eigenvalue weighted by Gasteiger charge is 2.32. The van der Waals surface area contributed by atoms with Crippen molar-refractivity contribution in [3.05, 3.63) is 58.4 Å². The summed E-state index contributed by atoms with van der Waals surface area (Å²) in [5.41, 5.74) is 0.272. The number of hydrogen-bond acceptors (Lipinski definition) is 2. The standard InChI is InChI=1S/C14H10ClF3N2O/c1-8-2-4-11(10(15)6-8)20-13(21)9-3-5-12(19-7-9)14(16,17)18/h2-7H,1H3,(H,20,21). The van der Waals surface area contributed by atoms with Gasteiger partial charge < -0.3 is 5.32 Å². The van der Waals surface area contributed by atoms with Gasteiger partial charge in [-0.25, -0.2) is 0 Å². The molecule has 0 saturated heterocycles. The highest BCUT2D eigenvalue weighted by Crippen LogP contribution is 2.27. The van der Waals surface area contributed by atoms with Crippen LogP contribution in [0.15, 0.2) is 36.5 Å². The first-order valence-corrected chi connectivity index (χ1v) is 6.26. The summed E-state index contributed by atoms with van der Waals surface area (Å²) in [7, 11) is 0. The van der Waals surface area contributed by atoms with Gasteiger partial charge >= 0.3 is 6.18 Å². The van der Waals surface area contributed by atoms with Crippen molar-refractivity contribution in [1.29, 1.82) is 0 Å². The highest BCUT2D eigenvalue weighted by atomic mass is 35.5. The van der Waals surface area contributed by atoms with E-state index in [4.69, 9.17) is 11.6 Å². The van der Waals surface area contributed by atoms with E-state index in [9.17, 15) is 18.0 Å². The maximum absolute atomic E-state index is 12.4. The number of carbonyl (C=O) groups is 1. The van der Waals surface area contributed by atoms with Gasteiger partial charge in [-0.15, -0.1) is 0 Å². The number of amides is 1. The molecule has 3 nitrogen and oxygen atoms in total. The Bertz CT molecular complexity index is 669. The molecule has 0 atom stereocenters. The predicted molar refractivity (Wildman–Crippen MR) is 73.4 cm³/mol. The molecule has 1 aromatic carbocycles. The maximum Gasteiger partial charge on any atom is 0.433 e. The van der Waals surface area contributed by atoms with Crippen LogP contribution >= 0.6 is 11.6 Å². The van der Waals surface area contributed by atoms with Crippen LogP contribution in [0.1, 0.15) is 21.6 Å². The van der Waals surface area contributed by atoms with Gasteiger partial charge in [-0.3, -0.25) is 9.78 Å². The summed E-state index contributed by atoms with van der Waals surface area (Å²) < 4.78 is 37.1. The Morgan fingerprint density at radius 2 is 1.95 bits per heavy atom. The van der Waals surface area contributed by atoms with Crippen LogP contribution in [0.3, 0.4) is 0 Å². The van der Waals surface area contributed by atoms with Crippen molar-refractivity contribution >= 4 is 23.2 Å². The summed E-state index contributed by atoms with van der Waals surface area (Å²) in [5.74, 6) is -0.582. The number of rotatable bonds is 2. The Labute approximate surface area is 123 Å². The molecule has 0 bridgehead atoms. The van der Waals surface area contributed by atoms with Crippen LogP contribution in [0.5, 0.6) is 0 Å². The summed E-state index contributed by atoms with van der Waals surface area (Å²) >= 11 is 5.97. The molecule has 110 valence electrons. The molecule has 0 radical (unpaired) electrons. The second kappa shape index (κ2) is 5.73. The second-order valence-corrected chi connectivity index (χ2v) is 4.77. The summed E-state index contributed by atoms with van der Waals surface area (Å²) in [4.78, 5) is 15.2. The third-order valence-corrected chi connectivity index (χ3v) is 3.00. The van der Waals surface area contributed by atoms with E-state index in [1.54, 1.807) is 18.2 Å². The number of aryl methyl sites for hydroxylation is 1. The van der Waals surface area contributed by atoms with E-state index in [0.29, 0.717) is 10.7 Å². The van der Waals surface area contributed by atoms with Crippen LogP contribution in [0.25, 0.3) is 0 Å². The molecule has 2 rings (SSSR count). The van der Waals surface area contributed by atoms with Crippen molar-refractivity contribution in [3.63, 3.8) is 0 Å². The molecule has 1 aromatic heterocycles. The Morgan fingerprint density at radius 1 is 1.24 bits per heavy atom. The van der Waals surface area contributed by atoms with Gasteiger partial charge in [0.1, 0.15) is 5.69 Å². The molecular weight excluding hydrogens is 305 g/mol. The van der Waals surface area contributed by atoms with E-state index in [1.807, 2.05) is 6.92 Å². The molecule has 1 N–H and O–H groups in total. The van der Waals surface area contributed by atoms with Crippen LogP contribution in [0.4, 0.5) is 18.9 Å². The average Bonchev–Trinajstić information content (AvgIpc) is 2.41. The van der Waals surface area contributed by atoms with Crippen LogP contribution in [-0.2, 0) is 6.18 Å². The SMILES string of the molecule is Cc1ccc(NC(=O)c2ccc(C(F)(F)F)nc2)c(Cl)c1. The minimum Gasteiger partial charge on any atom is -0.321 e. The number of pyridine rings is 1. The van der Waals surface area contributed by atoms with Gasteiger partial charge in [0, 0.05) is 6.20 Å². The van der Waals surface area contributed by atoms with Gasteiger partial charge in [0.25, 0.3) is 5.91 Å². The number of alkyl halides is 3. The number of carbonyl (C=O) groups excluding carboxylic acids is 1. The van der Waals surface area contributed by atoms with Crippen molar-refractivity contribution in [2.45, 2.75) is 13.1 Å². The van der Waals surface area contributed by atoms with Crippen molar-refractivity contribution in [3.8, 4) is 0 Å². The lowest BCUT2D eigenvalue weighted by molar-refractivity contribution is -0.141. The summed E-state index contributed by atoms with van der Waals surface area (Å²) in [6, 6.07) is 6.86. The van der Waals surface area contributed by atoms with E-state index >= 15 is 0 Å². The molecule has 0 saturated carbocycles. The molecule has 0 fully saturated rings. The summed E-state index contributed by atoms with van der Waals surface area (Å²) in [6.07, 6.45) is -3.66. The van der Waals surface area contributed by atoms with Crippen LogP contribution in [0, 0.1) is 6.92 Å². The first kappa shape index (κ1) is 15.3. The molecule has 2 aromatic rings. The van der Waals surface area contributed by atoms with Crippen molar-refractivity contribution in [2.75, 3.05) is 5.32 Å². The summed E-state index contributed by atoms with van der Waals surface area (Å²) in [6.45, 7) is 1.84. The number of benzene rings is 1. The Hall–Kier alpha value is -2.08. The average molecular weight is 315 g/mol. The number of hydrogen-bond donors (Lipinski definition) is 1. The lowest BCUT2D eigenvalue weighted by Gasteiger charge is -2.09. The zero-order valence-corrected chi connectivity index (χ0v) is 11.6. The molecule has 0 aliphatic heterocycles. The van der Waals surface area contributed by atoms with E-state index < -0.39 is 17.8 Å². The topological polar surface area (TPSA) is 42.0 Å². The van der Waals surface area contributed by atoms with Crippen LogP contribution in [-0.4, -0.2) is 10.9 Å². The third-order valence-electron chi connectivity index (χ3n) is 2.69. The fraction of sp³-hybridized carbons (Fsp3) is 0.143. The normalized spacial score (nSPS) is 11.3. The molecule has 0 spiro atoms. The zero-order chi connectivity index (χ0) is 15.6. The van der Waals surface area contributed by atoms with Crippen LogP contribution in [0.2, 0.25) is 5.02 Å². The number of anilines is 1. The smallest absolute Gasteiger partial charge is 0.321 e. The van der Waals surface area contributed by atoms with Gasteiger partial charge in [0.15, 0.2) is 0 Å². The molecule has 7 heteroatoms. The molecule has 1 amide bonds. The first-order chi connectivity index (χ1) is 9.77. The van der Waals surface area contributed by atoms with Gasteiger partial charge in [0.05, 0.1) is 16.3 Å². The van der Waals surface area contributed by atoms with Crippen molar-refractivity contribution in [2.24, 2.45) is 0 Å². The Morgan fingerprint density at radius 3 is 2.48 bits per heavy atom. The monoisotopic (exact) mass is 314 g/mol. The fourth-order valence-corrected chi connectivity index (χ4v) is 1.89. The lowest BCUT2D eigenvalue weighted by Crippen LogP contribution is -2.14. The van der Waals surface area contributed by atoms with Crippen molar-refractivity contribution < 1.29 is 18.0 Å². The number of halogens is 4. The maximum atomic E-state index is 12.4. The first-order valence-electron chi connectivity index (χ1n) is 5.88. The summed E-state index contributed by atoms with van der Waals surface area (Å²) in [5, 5.41) is 2.87. The number of nitrogens with zero attached hydrogens (tertiary/aromatic N) is 1. The molecule has 0 aliphatic rings. The van der Waals surface area contributed by atoms with E-state index in [2.05, 4.69) is 10.3 Å². The third kappa shape index (κ3) is 3.72. The van der Waals surface area contributed by atoms with E-state index in [1.165, 1.54) is 0 Å². The second-order valence-electron chi connectivity index (χ2n) is 4.37. The predicted octanol–water partition coefficient (Wildman–Crippen LogP) is 4.31. The van der Waals surface area contributed by atoms with E-state index in [0.717, 1.165) is 23.9 Å². The zero-order valence-electron chi connectivity index (χ0n) is 10.8. The number of aromatic nitrogens is 1. The van der Waals surface area contributed by atoms with Gasteiger partial charge in [-0.1, -0.05) is 17.7 Å². The Balaban J connectivity index is 2.17. The number of nitrogens with one attached hydrogen (secondary N) is 1. The van der Waals surface area contributed by atoms with Gasteiger partial charge in [0.2, 0.25) is 0 Å². The molecule has 21 heavy (non-hydrogen) atoms. The molecule has 0 unspecified atom stereocenters. The van der Waals surface area contributed by atoms with E-state index in [-0.39, 0.29) is 5.56 Å². The molecule has 0 aliphatic carbocycles. The minimum atomic E-state index is -4.53. The lowest BCUT2D eigenvalue weighted by atomic mass is 10.2. The van der Waals surface area contributed by atoms with Crippen LogP contribution < -0.4 is 5.32 Å². The quantitative estimate of drug-likeness (QED) is 0.897. The molecule has 1 heterocycles. The van der Waals surface area contributed by atoms with Crippen molar-refractivity contribution in [1.82, 2.24) is 4.98 Å². The van der Waals surface area contributed by atoms with Gasteiger partial charge in [-0.05, 0) is 36.8 Å². The highest BCUT2D eigenvalue weighted by molar-refractivity contribution is 6.34. The van der Waals surface area contributed by atoms with Gasteiger partial charge in [-0.2, -0.15) is 13.2 Å².